The summed E-state index contributed by atoms with van der Waals surface area (Å²) >= 11 is 0. The van der Waals surface area contributed by atoms with Crippen molar-refractivity contribution < 1.29 is 18.3 Å². The Bertz CT molecular complexity index is 1100. The molecule has 0 bridgehead atoms. The Hall–Kier alpha value is -3.55. The summed E-state index contributed by atoms with van der Waals surface area (Å²) in [7, 11) is 0. The third-order valence-electron chi connectivity index (χ3n) is 3.85. The topological polar surface area (TPSA) is 81.2 Å². The van der Waals surface area contributed by atoms with Crippen molar-refractivity contribution in [1.82, 2.24) is 9.78 Å². The van der Waals surface area contributed by atoms with Crippen molar-refractivity contribution in [2.75, 3.05) is 0 Å². The van der Waals surface area contributed by atoms with E-state index in [0.29, 0.717) is 0 Å². The number of esters is 1. The number of benzene rings is 2. The number of rotatable bonds is 4. The van der Waals surface area contributed by atoms with Crippen LogP contribution in [0.4, 0.5) is 8.78 Å². The van der Waals surface area contributed by atoms with E-state index in [1.54, 1.807) is 0 Å². The van der Waals surface area contributed by atoms with Gasteiger partial charge in [0.05, 0.1) is 16.8 Å². The number of H-pyrrole nitrogens is 1. The smallest absolute Gasteiger partial charge is 0.338 e. The van der Waals surface area contributed by atoms with Gasteiger partial charge in [0.15, 0.2) is 0 Å². The fraction of sp³-hybridized carbons (Fsp3) is 0.105. The minimum atomic E-state index is -1.17. The molecule has 0 aliphatic rings. The van der Waals surface area contributed by atoms with Crippen molar-refractivity contribution in [3.63, 3.8) is 0 Å². The number of nitrogens with zero attached hydrogens (tertiary/aromatic N) is 1. The van der Waals surface area contributed by atoms with Gasteiger partial charge < -0.3 is 4.74 Å². The molecule has 8 heteroatoms. The van der Waals surface area contributed by atoms with Crippen LogP contribution in [0, 0.1) is 11.6 Å². The van der Waals surface area contributed by atoms with Crippen LogP contribution in [0.3, 0.4) is 0 Å². The molecule has 1 aromatic heterocycles. The first-order chi connectivity index (χ1) is 12.9. The number of carbonyl (C=O) groups excluding carboxylic acids is 1. The molecule has 1 atom stereocenters. The van der Waals surface area contributed by atoms with E-state index in [2.05, 4.69) is 5.10 Å². The van der Waals surface area contributed by atoms with E-state index < -0.39 is 34.8 Å². The lowest BCUT2D eigenvalue weighted by atomic mass is 10.1. The highest BCUT2D eigenvalue weighted by molar-refractivity contribution is 5.90. The summed E-state index contributed by atoms with van der Waals surface area (Å²) in [6.07, 6.45) is -1.17. The summed E-state index contributed by atoms with van der Waals surface area (Å²) in [5.74, 6) is -2.48. The monoisotopic (exact) mass is 372 g/mol. The number of hydrogen-bond donors (Lipinski definition) is 1. The van der Waals surface area contributed by atoms with E-state index in [4.69, 9.17) is 4.74 Å². The lowest BCUT2D eigenvalue weighted by molar-refractivity contribution is 0.0324. The van der Waals surface area contributed by atoms with Crippen LogP contribution in [0.1, 0.15) is 28.9 Å². The molecule has 27 heavy (non-hydrogen) atoms. The first-order valence-electron chi connectivity index (χ1n) is 7.94. The molecule has 0 amide bonds. The van der Waals surface area contributed by atoms with Gasteiger partial charge in [0.25, 0.3) is 11.1 Å². The number of carbonyl (C=O) groups is 1. The third-order valence-corrected chi connectivity index (χ3v) is 3.85. The van der Waals surface area contributed by atoms with Gasteiger partial charge in [-0.1, -0.05) is 12.1 Å². The highest BCUT2D eigenvalue weighted by Gasteiger charge is 2.20. The van der Waals surface area contributed by atoms with Crippen LogP contribution in [0.2, 0.25) is 0 Å². The van der Waals surface area contributed by atoms with E-state index in [1.165, 1.54) is 37.3 Å². The zero-order valence-corrected chi connectivity index (χ0v) is 14.1. The van der Waals surface area contributed by atoms with Gasteiger partial charge in [-0.2, -0.15) is 0 Å². The first-order valence-corrected chi connectivity index (χ1v) is 7.94. The van der Waals surface area contributed by atoms with Crippen molar-refractivity contribution in [2.45, 2.75) is 13.0 Å². The van der Waals surface area contributed by atoms with E-state index in [9.17, 15) is 23.2 Å². The van der Waals surface area contributed by atoms with E-state index >= 15 is 0 Å². The van der Waals surface area contributed by atoms with Gasteiger partial charge in [0.2, 0.25) is 0 Å². The molecule has 1 N–H and O–H groups in total. The fourth-order valence-electron chi connectivity index (χ4n) is 2.57. The number of nitrogens with one attached hydrogen (secondary N) is 1. The average molecular weight is 372 g/mol. The number of aromatic amines is 1. The molecule has 0 saturated heterocycles. The predicted molar refractivity (Wildman–Crippen MR) is 92.8 cm³/mol. The Balaban J connectivity index is 1.89. The van der Waals surface area contributed by atoms with Gasteiger partial charge >= 0.3 is 5.97 Å². The molecule has 2 aromatic carbocycles. The average Bonchev–Trinajstić information content (AvgIpc) is 2.63. The zero-order chi connectivity index (χ0) is 19.6. The minimum absolute atomic E-state index is 0.0488. The molecule has 0 radical (unpaired) electrons. The summed E-state index contributed by atoms with van der Waals surface area (Å²) in [6.45, 7) is 1.35. The van der Waals surface area contributed by atoms with E-state index in [-0.39, 0.29) is 16.8 Å². The maximum Gasteiger partial charge on any atom is 0.338 e. The Kier molecular flexibility index (Phi) is 4.98. The van der Waals surface area contributed by atoms with Crippen LogP contribution in [-0.2, 0) is 4.74 Å². The van der Waals surface area contributed by atoms with Crippen LogP contribution in [0.5, 0.6) is 0 Å². The van der Waals surface area contributed by atoms with Gasteiger partial charge in [-0.3, -0.25) is 14.7 Å². The second-order valence-electron chi connectivity index (χ2n) is 5.72. The van der Waals surface area contributed by atoms with Crippen molar-refractivity contribution >= 4 is 5.97 Å². The van der Waals surface area contributed by atoms with Crippen molar-refractivity contribution in [1.29, 1.82) is 0 Å². The molecule has 0 unspecified atom stereocenters. The molecule has 6 nitrogen and oxygen atoms in total. The summed E-state index contributed by atoms with van der Waals surface area (Å²) in [5.41, 5.74) is -1.07. The maximum absolute atomic E-state index is 13.8. The molecule has 3 aromatic rings. The van der Waals surface area contributed by atoms with Crippen LogP contribution in [0.15, 0.2) is 64.2 Å². The standard InChI is InChI=1S/C19H14F2N2O4/c1-11(18-14(20)6-3-7-15(18)21)27-19(26)12-4-2-5-13(10-12)23-17(25)9-8-16(24)22-23/h2-11H,1H3,(H,22,24)/t11-/m1/s1. The minimum Gasteiger partial charge on any atom is -0.454 e. The zero-order valence-electron chi connectivity index (χ0n) is 14.1. The van der Waals surface area contributed by atoms with Crippen molar-refractivity contribution in [2.24, 2.45) is 0 Å². The summed E-state index contributed by atoms with van der Waals surface area (Å²) in [5, 5.41) is 2.34. The molecule has 0 aliphatic carbocycles. The molecule has 0 aliphatic heterocycles. The number of hydrogen-bond acceptors (Lipinski definition) is 4. The molecule has 1 heterocycles. The van der Waals surface area contributed by atoms with E-state index in [0.717, 1.165) is 28.9 Å². The van der Waals surface area contributed by atoms with Gasteiger partial charge in [0, 0.05) is 12.1 Å². The summed E-state index contributed by atoms with van der Waals surface area (Å²) < 4.78 is 33.8. The maximum atomic E-state index is 13.8. The van der Waals surface area contributed by atoms with Crippen LogP contribution in [-0.4, -0.2) is 15.7 Å². The number of halogens is 2. The molecule has 138 valence electrons. The Labute approximate surface area is 151 Å². The summed E-state index contributed by atoms with van der Waals surface area (Å²) in [4.78, 5) is 35.7. The molecular formula is C19H14F2N2O4. The largest absolute Gasteiger partial charge is 0.454 e. The fourth-order valence-corrected chi connectivity index (χ4v) is 2.57. The molecule has 3 rings (SSSR count). The highest BCUT2D eigenvalue weighted by Crippen LogP contribution is 2.24. The van der Waals surface area contributed by atoms with E-state index in [1.807, 2.05) is 0 Å². The molecule has 0 fully saturated rings. The quantitative estimate of drug-likeness (QED) is 0.714. The van der Waals surface area contributed by atoms with Crippen LogP contribution in [0.25, 0.3) is 5.69 Å². The predicted octanol–water partition coefficient (Wildman–Crippen LogP) is 2.72. The Morgan fingerprint density at radius 3 is 2.41 bits per heavy atom. The third kappa shape index (κ3) is 3.84. The van der Waals surface area contributed by atoms with Crippen LogP contribution >= 0.6 is 0 Å². The molecular weight excluding hydrogens is 358 g/mol. The Morgan fingerprint density at radius 2 is 1.70 bits per heavy atom. The van der Waals surface area contributed by atoms with Gasteiger partial charge in [-0.15, -0.1) is 0 Å². The number of ether oxygens (including phenoxy) is 1. The SMILES string of the molecule is C[C@@H](OC(=O)c1cccc(-n2[nH]c(=O)ccc2=O)c1)c1c(F)cccc1F. The lowest BCUT2D eigenvalue weighted by Crippen LogP contribution is -2.26. The highest BCUT2D eigenvalue weighted by atomic mass is 19.1. The normalized spacial score (nSPS) is 11.8. The van der Waals surface area contributed by atoms with Gasteiger partial charge in [-0.25, -0.2) is 18.3 Å². The summed E-state index contributed by atoms with van der Waals surface area (Å²) in [6, 6.07) is 11.3. The second kappa shape index (κ2) is 7.36. The lowest BCUT2D eigenvalue weighted by Gasteiger charge is -2.15. The van der Waals surface area contributed by atoms with Gasteiger partial charge in [0.1, 0.15) is 17.7 Å². The second-order valence-corrected chi connectivity index (χ2v) is 5.72. The molecule has 0 saturated carbocycles. The van der Waals surface area contributed by atoms with Gasteiger partial charge in [-0.05, 0) is 37.3 Å². The molecule has 0 spiro atoms. The van der Waals surface area contributed by atoms with Crippen molar-refractivity contribution in [3.8, 4) is 5.69 Å². The van der Waals surface area contributed by atoms with Crippen molar-refractivity contribution in [3.05, 3.63) is 98.1 Å². The number of aromatic nitrogens is 2. The van der Waals surface area contributed by atoms with Crippen LogP contribution < -0.4 is 11.1 Å². The first kappa shape index (κ1) is 18.2. The Morgan fingerprint density at radius 1 is 1.04 bits per heavy atom.